The van der Waals surface area contributed by atoms with Gasteiger partial charge >= 0.3 is 0 Å². The van der Waals surface area contributed by atoms with Gasteiger partial charge in [-0.1, -0.05) is 36.8 Å². The summed E-state index contributed by atoms with van der Waals surface area (Å²) < 4.78 is 13.6. The van der Waals surface area contributed by atoms with Crippen molar-refractivity contribution in [2.24, 2.45) is 5.84 Å². The van der Waals surface area contributed by atoms with Crippen molar-refractivity contribution in [2.75, 3.05) is 0 Å². The van der Waals surface area contributed by atoms with E-state index in [1.54, 1.807) is 6.07 Å². The predicted octanol–water partition coefficient (Wildman–Crippen LogP) is 2.99. The summed E-state index contributed by atoms with van der Waals surface area (Å²) in [6.45, 7) is 7.89. The van der Waals surface area contributed by atoms with Gasteiger partial charge in [0.1, 0.15) is 5.82 Å². The Hall–Kier alpha value is -1.19. The van der Waals surface area contributed by atoms with E-state index in [0.717, 1.165) is 17.6 Å². The third-order valence-corrected chi connectivity index (χ3v) is 2.72. The molecule has 0 aliphatic carbocycles. The minimum Gasteiger partial charge on any atom is -0.271 e. The molecule has 0 fully saturated rings. The summed E-state index contributed by atoms with van der Waals surface area (Å²) in [6, 6.07) is 4.85. The smallest absolute Gasteiger partial charge is 0.128 e. The number of nitrogens with two attached hydrogens (primary N) is 1. The van der Waals surface area contributed by atoms with E-state index < -0.39 is 0 Å². The summed E-state index contributed by atoms with van der Waals surface area (Å²) in [5, 5.41) is 0. The van der Waals surface area contributed by atoms with Gasteiger partial charge in [-0.3, -0.25) is 11.3 Å². The van der Waals surface area contributed by atoms with Crippen LogP contribution in [0.2, 0.25) is 0 Å². The molecule has 0 heterocycles. The van der Waals surface area contributed by atoms with Gasteiger partial charge in [-0.05, 0) is 25.8 Å². The number of halogens is 1. The van der Waals surface area contributed by atoms with Crippen LogP contribution in [0.25, 0.3) is 0 Å². The Labute approximate surface area is 96.3 Å². The molecule has 3 heteroatoms. The van der Waals surface area contributed by atoms with Crippen molar-refractivity contribution in [1.29, 1.82) is 0 Å². The predicted molar refractivity (Wildman–Crippen MR) is 65.2 cm³/mol. The molecule has 0 aromatic heterocycles. The average molecular weight is 222 g/mol. The second-order valence-corrected chi connectivity index (χ2v) is 4.05. The SMILES string of the molecule is C=C(CC)CC(NN)c1cc(C)ccc1F. The van der Waals surface area contributed by atoms with Crippen LogP contribution >= 0.6 is 0 Å². The maximum absolute atomic E-state index is 13.6. The first kappa shape index (κ1) is 12.9. The molecule has 0 aliphatic rings. The lowest BCUT2D eigenvalue weighted by molar-refractivity contribution is 0.506. The Morgan fingerprint density at radius 3 is 2.81 bits per heavy atom. The maximum atomic E-state index is 13.6. The van der Waals surface area contributed by atoms with Crippen LogP contribution in [-0.4, -0.2) is 0 Å². The fourth-order valence-corrected chi connectivity index (χ4v) is 1.62. The van der Waals surface area contributed by atoms with Gasteiger partial charge in [-0.15, -0.1) is 0 Å². The van der Waals surface area contributed by atoms with Gasteiger partial charge in [0, 0.05) is 5.56 Å². The number of hydrazine groups is 1. The minimum absolute atomic E-state index is 0.202. The van der Waals surface area contributed by atoms with Crippen LogP contribution in [-0.2, 0) is 0 Å². The van der Waals surface area contributed by atoms with Crippen LogP contribution in [0.15, 0.2) is 30.4 Å². The number of nitrogens with one attached hydrogen (secondary N) is 1. The highest BCUT2D eigenvalue weighted by atomic mass is 19.1. The molecule has 0 radical (unpaired) electrons. The first-order valence-corrected chi connectivity index (χ1v) is 5.47. The lowest BCUT2D eigenvalue weighted by Crippen LogP contribution is -2.29. The molecule has 16 heavy (non-hydrogen) atoms. The third-order valence-electron chi connectivity index (χ3n) is 2.72. The Bertz CT molecular complexity index is 374. The molecule has 0 saturated heterocycles. The molecule has 2 nitrogen and oxygen atoms in total. The average Bonchev–Trinajstić information content (AvgIpc) is 2.29. The number of aryl methyl sites for hydroxylation is 1. The highest BCUT2D eigenvalue weighted by Crippen LogP contribution is 2.24. The highest BCUT2D eigenvalue weighted by molar-refractivity contribution is 5.27. The largest absolute Gasteiger partial charge is 0.271 e. The van der Waals surface area contributed by atoms with Gasteiger partial charge in [0.25, 0.3) is 0 Å². The second-order valence-electron chi connectivity index (χ2n) is 4.05. The van der Waals surface area contributed by atoms with Gasteiger partial charge in [0.2, 0.25) is 0 Å². The molecule has 1 aromatic carbocycles. The van der Waals surface area contributed by atoms with E-state index >= 15 is 0 Å². The summed E-state index contributed by atoms with van der Waals surface area (Å²) in [7, 11) is 0. The quantitative estimate of drug-likeness (QED) is 0.456. The zero-order valence-electron chi connectivity index (χ0n) is 9.89. The van der Waals surface area contributed by atoms with E-state index in [2.05, 4.69) is 12.0 Å². The van der Waals surface area contributed by atoms with Crippen LogP contribution in [0.1, 0.15) is 36.9 Å². The topological polar surface area (TPSA) is 38.0 Å². The van der Waals surface area contributed by atoms with Crippen molar-refractivity contribution in [3.05, 3.63) is 47.3 Å². The van der Waals surface area contributed by atoms with Gasteiger partial charge in [-0.2, -0.15) is 0 Å². The van der Waals surface area contributed by atoms with E-state index in [1.165, 1.54) is 6.07 Å². The van der Waals surface area contributed by atoms with E-state index in [1.807, 2.05) is 19.9 Å². The van der Waals surface area contributed by atoms with E-state index in [4.69, 9.17) is 5.84 Å². The van der Waals surface area contributed by atoms with Crippen molar-refractivity contribution in [3.63, 3.8) is 0 Å². The number of benzene rings is 1. The molecular formula is C13H19FN2. The van der Waals surface area contributed by atoms with Gasteiger partial charge in [-0.25, -0.2) is 4.39 Å². The minimum atomic E-state index is -0.225. The lowest BCUT2D eigenvalue weighted by Gasteiger charge is -2.18. The van der Waals surface area contributed by atoms with Crippen molar-refractivity contribution in [1.82, 2.24) is 5.43 Å². The van der Waals surface area contributed by atoms with Crippen LogP contribution in [0, 0.1) is 12.7 Å². The highest BCUT2D eigenvalue weighted by Gasteiger charge is 2.15. The third kappa shape index (κ3) is 3.15. The van der Waals surface area contributed by atoms with Crippen LogP contribution in [0.4, 0.5) is 4.39 Å². The molecule has 1 atom stereocenters. The molecule has 0 aliphatic heterocycles. The number of hydrogen-bond donors (Lipinski definition) is 2. The molecule has 0 bridgehead atoms. The first-order valence-electron chi connectivity index (χ1n) is 5.47. The van der Waals surface area contributed by atoms with Gasteiger partial charge < -0.3 is 0 Å². The Morgan fingerprint density at radius 2 is 2.25 bits per heavy atom. The number of rotatable bonds is 5. The zero-order valence-corrected chi connectivity index (χ0v) is 9.89. The van der Waals surface area contributed by atoms with E-state index in [9.17, 15) is 4.39 Å². The van der Waals surface area contributed by atoms with Crippen LogP contribution in [0.5, 0.6) is 0 Å². The van der Waals surface area contributed by atoms with Crippen molar-refractivity contribution >= 4 is 0 Å². The summed E-state index contributed by atoms with van der Waals surface area (Å²) in [5.74, 6) is 5.24. The molecule has 0 spiro atoms. The summed E-state index contributed by atoms with van der Waals surface area (Å²) in [4.78, 5) is 0. The Kier molecular flexibility index (Phi) is 4.65. The maximum Gasteiger partial charge on any atom is 0.128 e. The summed E-state index contributed by atoms with van der Waals surface area (Å²) in [5.41, 5.74) is 5.34. The summed E-state index contributed by atoms with van der Waals surface area (Å²) >= 11 is 0. The van der Waals surface area contributed by atoms with E-state index in [-0.39, 0.29) is 11.9 Å². The van der Waals surface area contributed by atoms with Crippen LogP contribution < -0.4 is 11.3 Å². The number of hydrogen-bond acceptors (Lipinski definition) is 2. The van der Waals surface area contributed by atoms with E-state index in [0.29, 0.717) is 12.0 Å². The van der Waals surface area contributed by atoms with Gasteiger partial charge in [0.15, 0.2) is 0 Å². The van der Waals surface area contributed by atoms with Crippen molar-refractivity contribution in [3.8, 4) is 0 Å². The molecule has 0 amide bonds. The molecule has 1 unspecified atom stereocenters. The normalized spacial score (nSPS) is 12.5. The molecule has 1 aromatic rings. The lowest BCUT2D eigenvalue weighted by atomic mass is 9.97. The molecular weight excluding hydrogens is 203 g/mol. The van der Waals surface area contributed by atoms with Crippen molar-refractivity contribution < 1.29 is 4.39 Å². The standard InChI is InChI=1S/C13H19FN2/c1-4-9(2)8-13(16-15)11-7-10(3)5-6-12(11)14/h5-7,13,16H,2,4,8,15H2,1,3H3. The molecule has 0 saturated carbocycles. The second kappa shape index (κ2) is 5.77. The molecule has 88 valence electrons. The Balaban J connectivity index is 2.94. The molecule has 3 N–H and O–H groups in total. The van der Waals surface area contributed by atoms with Crippen LogP contribution in [0.3, 0.4) is 0 Å². The fourth-order valence-electron chi connectivity index (χ4n) is 1.62. The van der Waals surface area contributed by atoms with Gasteiger partial charge in [0.05, 0.1) is 6.04 Å². The first-order chi connectivity index (χ1) is 7.58. The summed E-state index contributed by atoms with van der Waals surface area (Å²) in [6.07, 6.45) is 1.54. The zero-order chi connectivity index (χ0) is 12.1. The fraction of sp³-hybridized carbons (Fsp3) is 0.385. The molecule has 1 rings (SSSR count). The van der Waals surface area contributed by atoms with Crippen molar-refractivity contribution in [2.45, 2.75) is 32.7 Å². The Morgan fingerprint density at radius 1 is 1.56 bits per heavy atom. The monoisotopic (exact) mass is 222 g/mol.